The fourth-order valence-electron chi connectivity index (χ4n) is 1.27. The first-order valence-electron chi connectivity index (χ1n) is 5.77. The van der Waals surface area contributed by atoms with Gasteiger partial charge in [-0.3, -0.25) is 4.79 Å². The van der Waals surface area contributed by atoms with Crippen LogP contribution < -0.4 is 0 Å². The van der Waals surface area contributed by atoms with Crippen molar-refractivity contribution in [1.29, 1.82) is 0 Å². The summed E-state index contributed by atoms with van der Waals surface area (Å²) in [6.07, 6.45) is 3.91. The molecule has 0 radical (unpaired) electrons. The summed E-state index contributed by atoms with van der Waals surface area (Å²) in [7, 11) is 1.40. The summed E-state index contributed by atoms with van der Waals surface area (Å²) in [5, 5.41) is 0. The zero-order valence-corrected chi connectivity index (χ0v) is 12.1. The van der Waals surface area contributed by atoms with Gasteiger partial charge in [-0.05, 0) is 30.8 Å². The van der Waals surface area contributed by atoms with E-state index in [1.807, 2.05) is 13.0 Å². The van der Waals surface area contributed by atoms with Crippen molar-refractivity contribution in [2.24, 2.45) is 0 Å². The van der Waals surface area contributed by atoms with Crippen LogP contribution >= 0.6 is 15.9 Å². The molecule has 0 aliphatic heterocycles. The van der Waals surface area contributed by atoms with Gasteiger partial charge in [0, 0.05) is 13.0 Å². The van der Waals surface area contributed by atoms with E-state index in [4.69, 9.17) is 9.47 Å². The minimum atomic E-state index is -0.180. The lowest BCUT2D eigenvalue weighted by molar-refractivity contribution is -0.140. The van der Waals surface area contributed by atoms with Gasteiger partial charge >= 0.3 is 5.97 Å². The van der Waals surface area contributed by atoms with E-state index < -0.39 is 0 Å². The maximum absolute atomic E-state index is 10.9. The number of hydrogen-bond donors (Lipinski definition) is 0. The van der Waals surface area contributed by atoms with Gasteiger partial charge in [-0.1, -0.05) is 15.9 Å². The van der Waals surface area contributed by atoms with Gasteiger partial charge in [0.2, 0.25) is 0 Å². The summed E-state index contributed by atoms with van der Waals surface area (Å²) in [4.78, 5) is 12.7. The monoisotopic (exact) mass is 308 g/mol. The Hall–Kier alpha value is -0.390. The lowest BCUT2D eigenvalue weighted by Crippen LogP contribution is -2.15. The lowest BCUT2D eigenvalue weighted by atomic mass is 10.1. The molecule has 0 unspecified atom stereocenters. The number of ether oxygens (including phenoxy) is 3. The van der Waals surface area contributed by atoms with Crippen LogP contribution in [0.15, 0.2) is 11.1 Å². The Morgan fingerprint density at radius 1 is 1.41 bits per heavy atom. The van der Waals surface area contributed by atoms with Crippen molar-refractivity contribution in [2.75, 3.05) is 26.9 Å². The minimum Gasteiger partial charge on any atom is -0.469 e. The Morgan fingerprint density at radius 3 is 2.76 bits per heavy atom. The van der Waals surface area contributed by atoms with E-state index in [-0.39, 0.29) is 12.1 Å². The van der Waals surface area contributed by atoms with Crippen molar-refractivity contribution in [3.63, 3.8) is 0 Å². The number of halogens is 1. The van der Waals surface area contributed by atoms with Crippen molar-refractivity contribution in [3.8, 4) is 0 Å². The molecule has 1 atom stereocenters. The molecule has 0 spiro atoms. The van der Waals surface area contributed by atoms with Gasteiger partial charge < -0.3 is 14.2 Å². The van der Waals surface area contributed by atoms with Gasteiger partial charge in [0.05, 0.1) is 26.4 Å². The van der Waals surface area contributed by atoms with Crippen LogP contribution in [0.25, 0.3) is 0 Å². The topological polar surface area (TPSA) is 44.8 Å². The highest BCUT2D eigenvalue weighted by Gasteiger charge is 2.07. The third-order valence-corrected chi connectivity index (χ3v) is 2.45. The fraction of sp³-hybridized carbons (Fsp3) is 0.750. The SMILES string of the molecule is CCOCCO[C@H](/C=C\Br)CCCC(=O)OC. The van der Waals surface area contributed by atoms with E-state index in [0.717, 1.165) is 12.8 Å². The highest BCUT2D eigenvalue weighted by molar-refractivity contribution is 9.11. The first kappa shape index (κ1) is 16.6. The average molecular weight is 309 g/mol. The van der Waals surface area contributed by atoms with Crippen molar-refractivity contribution in [2.45, 2.75) is 32.3 Å². The highest BCUT2D eigenvalue weighted by atomic mass is 79.9. The van der Waals surface area contributed by atoms with Gasteiger partial charge in [-0.2, -0.15) is 0 Å². The third-order valence-electron chi connectivity index (χ3n) is 2.15. The van der Waals surface area contributed by atoms with Gasteiger partial charge in [-0.25, -0.2) is 0 Å². The molecule has 0 bridgehead atoms. The molecule has 0 N–H and O–H groups in total. The molecule has 0 fully saturated rings. The van der Waals surface area contributed by atoms with E-state index in [2.05, 4.69) is 20.7 Å². The molecule has 0 aromatic carbocycles. The van der Waals surface area contributed by atoms with E-state index in [1.165, 1.54) is 7.11 Å². The molecule has 0 heterocycles. The van der Waals surface area contributed by atoms with Gasteiger partial charge in [0.15, 0.2) is 0 Å². The van der Waals surface area contributed by atoms with E-state index in [9.17, 15) is 4.79 Å². The Balaban J connectivity index is 3.70. The van der Waals surface area contributed by atoms with Crippen LogP contribution in [0, 0.1) is 0 Å². The van der Waals surface area contributed by atoms with Crippen LogP contribution in [0.5, 0.6) is 0 Å². The summed E-state index contributed by atoms with van der Waals surface area (Å²) >= 11 is 3.22. The second kappa shape index (κ2) is 12.1. The molecule has 0 aromatic heterocycles. The molecular weight excluding hydrogens is 288 g/mol. The predicted molar refractivity (Wildman–Crippen MR) is 70.2 cm³/mol. The lowest BCUT2D eigenvalue weighted by Gasteiger charge is -2.13. The maximum Gasteiger partial charge on any atom is 0.305 e. The number of methoxy groups -OCH3 is 1. The zero-order chi connectivity index (χ0) is 12.9. The molecule has 0 saturated heterocycles. The summed E-state index contributed by atoms with van der Waals surface area (Å²) in [6.45, 7) is 3.81. The van der Waals surface area contributed by atoms with Gasteiger partial charge in [-0.15, -0.1) is 0 Å². The van der Waals surface area contributed by atoms with Crippen LogP contribution in [0.1, 0.15) is 26.2 Å². The molecule has 100 valence electrons. The van der Waals surface area contributed by atoms with Crippen LogP contribution in [0.2, 0.25) is 0 Å². The van der Waals surface area contributed by atoms with Crippen LogP contribution in [-0.4, -0.2) is 39.0 Å². The third kappa shape index (κ3) is 10.5. The Kier molecular flexibility index (Phi) is 11.8. The number of rotatable bonds is 10. The molecular formula is C12H21BrO4. The largest absolute Gasteiger partial charge is 0.469 e. The maximum atomic E-state index is 10.9. The second-order valence-corrected chi connectivity index (χ2v) is 3.92. The Labute approximate surface area is 111 Å². The van der Waals surface area contributed by atoms with Crippen molar-refractivity contribution in [1.82, 2.24) is 0 Å². The van der Waals surface area contributed by atoms with Gasteiger partial charge in [0.1, 0.15) is 0 Å². The molecule has 0 aromatic rings. The van der Waals surface area contributed by atoms with Crippen molar-refractivity contribution in [3.05, 3.63) is 11.1 Å². The molecule has 0 rings (SSSR count). The number of esters is 1. The standard InChI is InChI=1S/C12H21BrO4/c1-3-16-9-10-17-11(7-8-13)5-4-6-12(14)15-2/h7-8,11H,3-6,9-10H2,1-2H3/b8-7-/t11-/m0/s1. The molecule has 17 heavy (non-hydrogen) atoms. The first-order valence-corrected chi connectivity index (χ1v) is 6.69. The van der Waals surface area contributed by atoms with Crippen molar-refractivity contribution >= 4 is 21.9 Å². The molecule has 0 aliphatic carbocycles. The van der Waals surface area contributed by atoms with Crippen LogP contribution in [0.3, 0.4) is 0 Å². The quantitative estimate of drug-likeness (QED) is 0.460. The summed E-state index contributed by atoms with van der Waals surface area (Å²) in [5.41, 5.74) is 0. The zero-order valence-electron chi connectivity index (χ0n) is 10.5. The summed E-state index contributed by atoms with van der Waals surface area (Å²) < 4.78 is 15.4. The van der Waals surface area contributed by atoms with E-state index >= 15 is 0 Å². The summed E-state index contributed by atoms with van der Waals surface area (Å²) in [5.74, 6) is -0.180. The molecule has 0 aliphatic rings. The average Bonchev–Trinajstić information content (AvgIpc) is 2.34. The normalized spacial score (nSPS) is 12.9. The molecule has 4 nitrogen and oxygen atoms in total. The summed E-state index contributed by atoms with van der Waals surface area (Å²) in [6, 6.07) is 0. The Morgan fingerprint density at radius 2 is 2.18 bits per heavy atom. The van der Waals surface area contributed by atoms with Gasteiger partial charge in [0.25, 0.3) is 0 Å². The number of hydrogen-bond acceptors (Lipinski definition) is 4. The second-order valence-electron chi connectivity index (χ2n) is 3.39. The highest BCUT2D eigenvalue weighted by Crippen LogP contribution is 2.08. The Bertz CT molecular complexity index is 219. The van der Waals surface area contributed by atoms with Crippen LogP contribution in [-0.2, 0) is 19.0 Å². The molecule has 0 amide bonds. The van der Waals surface area contributed by atoms with E-state index in [0.29, 0.717) is 26.2 Å². The van der Waals surface area contributed by atoms with Crippen molar-refractivity contribution < 1.29 is 19.0 Å². The fourth-order valence-corrected chi connectivity index (χ4v) is 1.61. The number of carbonyl (C=O) groups excluding carboxylic acids is 1. The minimum absolute atomic E-state index is 0.0134. The van der Waals surface area contributed by atoms with E-state index in [1.54, 1.807) is 4.99 Å². The molecule has 0 saturated carbocycles. The first-order chi connectivity index (χ1) is 8.24. The smallest absolute Gasteiger partial charge is 0.305 e. The predicted octanol–water partition coefficient (Wildman–Crippen LogP) is 2.66. The molecule has 5 heteroatoms. The van der Waals surface area contributed by atoms with Crippen LogP contribution in [0.4, 0.5) is 0 Å². The number of carbonyl (C=O) groups is 1.